The van der Waals surface area contributed by atoms with Gasteiger partial charge in [0, 0.05) is 47.4 Å². The van der Waals surface area contributed by atoms with Crippen molar-refractivity contribution in [2.45, 2.75) is 18.9 Å². The molecule has 16 heteroatoms. The highest BCUT2D eigenvalue weighted by Crippen LogP contribution is 2.21. The lowest BCUT2D eigenvalue weighted by atomic mass is 10.0. The Hall–Kier alpha value is -5.96. The number of aromatic nitrogens is 8. The van der Waals surface area contributed by atoms with Crippen LogP contribution in [0, 0.1) is 0 Å². The number of hydrogen-bond donors (Lipinski definition) is 4. The quantitative estimate of drug-likeness (QED) is 0.149. The third-order valence-electron chi connectivity index (χ3n) is 6.54. The number of carbonyl (C=O) groups excluding carboxylic acids is 2. The van der Waals surface area contributed by atoms with Crippen molar-refractivity contribution in [2.24, 2.45) is 0 Å². The van der Waals surface area contributed by atoms with Gasteiger partial charge in [-0.05, 0) is 64.5 Å². The van der Waals surface area contributed by atoms with E-state index < -0.39 is 23.9 Å². The Labute approximate surface area is 260 Å². The highest BCUT2D eigenvalue weighted by atomic mass is 35.5. The van der Waals surface area contributed by atoms with Crippen molar-refractivity contribution in [3.63, 3.8) is 0 Å². The largest absolute Gasteiger partial charge is 0.465 e. The van der Waals surface area contributed by atoms with Gasteiger partial charge in [-0.25, -0.2) is 4.79 Å². The first-order chi connectivity index (χ1) is 21.9. The first kappa shape index (κ1) is 30.5. The van der Waals surface area contributed by atoms with Gasteiger partial charge in [-0.15, -0.1) is 15.3 Å². The Kier molecular flexibility index (Phi) is 9.81. The molecule has 2 heterocycles. The summed E-state index contributed by atoms with van der Waals surface area (Å²) in [7, 11) is 0. The number of carbonyl (C=O) groups is 3. The predicted octanol–water partition coefficient (Wildman–Crippen LogP) is 2.94. The third-order valence-corrected chi connectivity index (χ3v) is 6.78. The second kappa shape index (κ2) is 14.5. The van der Waals surface area contributed by atoms with Gasteiger partial charge in [-0.2, -0.15) is 9.90 Å². The van der Waals surface area contributed by atoms with Crippen molar-refractivity contribution < 1.29 is 19.5 Å². The predicted molar refractivity (Wildman–Crippen MR) is 164 cm³/mol. The molecule has 15 nitrogen and oxygen atoms in total. The molecule has 0 aliphatic carbocycles. The summed E-state index contributed by atoms with van der Waals surface area (Å²) < 4.78 is 1.44. The summed E-state index contributed by atoms with van der Waals surface area (Å²) in [5, 5.41) is 40.4. The van der Waals surface area contributed by atoms with Gasteiger partial charge in [0.05, 0.1) is 5.69 Å². The monoisotopic (exact) mass is 627 g/mol. The zero-order chi connectivity index (χ0) is 31.6. The lowest BCUT2D eigenvalue weighted by Crippen LogP contribution is -2.44. The van der Waals surface area contributed by atoms with Gasteiger partial charge in [-0.1, -0.05) is 47.1 Å². The van der Waals surface area contributed by atoms with Gasteiger partial charge >= 0.3 is 6.09 Å². The molecule has 228 valence electrons. The standard InChI is InChI=1S/C29H26ClN11O4/c30-21-7-12-25(41-18-31-36-39-41)20(17-21)6-13-27(42)33-24(16-19-4-2-1-3-5-19)28(43)32-22-8-10-23(11-9-22)40(29(44)45)15-14-26-34-37-38-35-26/h1-13,17-18,24H,14-16H2,(H,32,43)(H,33,42)(H,44,45)(H,34,35,37,38)/b13-6+/t24-/m0/s1. The average Bonchev–Trinajstić information content (AvgIpc) is 3.76. The number of anilines is 2. The van der Waals surface area contributed by atoms with Gasteiger partial charge in [0.25, 0.3) is 0 Å². The number of tetrazole rings is 2. The molecule has 0 unspecified atom stereocenters. The van der Waals surface area contributed by atoms with Crippen molar-refractivity contribution in [3.05, 3.63) is 107 Å². The van der Waals surface area contributed by atoms with Crippen molar-refractivity contribution in [1.29, 1.82) is 0 Å². The molecule has 45 heavy (non-hydrogen) atoms. The van der Waals surface area contributed by atoms with Crippen molar-refractivity contribution in [3.8, 4) is 5.69 Å². The summed E-state index contributed by atoms with van der Waals surface area (Å²) in [6.07, 6.45) is 3.60. The minimum absolute atomic E-state index is 0.103. The molecule has 0 aliphatic heterocycles. The summed E-state index contributed by atoms with van der Waals surface area (Å²) in [4.78, 5) is 39.5. The number of nitrogens with one attached hydrogen (secondary N) is 3. The summed E-state index contributed by atoms with van der Waals surface area (Å²) in [6, 6.07) is 19.7. The molecule has 5 rings (SSSR count). The van der Waals surface area contributed by atoms with Crippen LogP contribution in [0.5, 0.6) is 0 Å². The fourth-order valence-corrected chi connectivity index (χ4v) is 4.55. The fraction of sp³-hybridized carbons (Fsp3) is 0.138. The second-order valence-corrected chi connectivity index (χ2v) is 10.0. The molecule has 0 saturated carbocycles. The number of rotatable bonds is 12. The van der Waals surface area contributed by atoms with Crippen LogP contribution in [-0.2, 0) is 22.4 Å². The lowest BCUT2D eigenvalue weighted by molar-refractivity contribution is -0.123. The van der Waals surface area contributed by atoms with Crippen molar-refractivity contribution >= 4 is 47.0 Å². The van der Waals surface area contributed by atoms with Gasteiger partial charge in [0.15, 0.2) is 5.82 Å². The normalized spacial score (nSPS) is 11.7. The molecular weight excluding hydrogens is 602 g/mol. The molecular formula is C29H26ClN11O4. The van der Waals surface area contributed by atoms with Crippen molar-refractivity contribution in [2.75, 3.05) is 16.8 Å². The van der Waals surface area contributed by atoms with Gasteiger partial charge in [0.1, 0.15) is 12.4 Å². The van der Waals surface area contributed by atoms with E-state index in [4.69, 9.17) is 11.6 Å². The summed E-state index contributed by atoms with van der Waals surface area (Å²) in [5.74, 6) is -0.590. The van der Waals surface area contributed by atoms with Gasteiger partial charge < -0.3 is 15.7 Å². The summed E-state index contributed by atoms with van der Waals surface area (Å²) in [6.45, 7) is 0.103. The number of benzene rings is 3. The number of nitrogens with zero attached hydrogens (tertiary/aromatic N) is 8. The molecule has 0 bridgehead atoms. The second-order valence-electron chi connectivity index (χ2n) is 9.59. The van der Waals surface area contributed by atoms with Crippen LogP contribution in [-0.4, -0.2) is 76.4 Å². The number of amides is 3. The molecule has 0 fully saturated rings. The van der Waals surface area contributed by atoms with Crippen LogP contribution in [0.3, 0.4) is 0 Å². The van der Waals surface area contributed by atoms with Crippen molar-refractivity contribution in [1.82, 2.24) is 46.1 Å². The zero-order valence-electron chi connectivity index (χ0n) is 23.5. The Morgan fingerprint density at radius 1 is 1.07 bits per heavy atom. The fourth-order valence-electron chi connectivity index (χ4n) is 4.37. The van der Waals surface area contributed by atoms with E-state index in [0.29, 0.717) is 33.5 Å². The first-order valence-electron chi connectivity index (χ1n) is 13.5. The van der Waals surface area contributed by atoms with Crippen LogP contribution in [0.15, 0.2) is 85.2 Å². The third kappa shape index (κ3) is 8.32. The molecule has 3 amide bonds. The van der Waals surface area contributed by atoms with E-state index in [1.165, 1.54) is 17.1 Å². The SMILES string of the molecule is O=C(/C=C/c1cc(Cl)ccc1-n1cnnn1)N[C@@H](Cc1ccccc1)C(=O)Nc1ccc(N(CCc2nn[nH]n2)C(=O)O)cc1. The van der Waals surface area contributed by atoms with Crippen LogP contribution in [0.2, 0.25) is 5.02 Å². The van der Waals surface area contributed by atoms with Gasteiger partial charge in [0.2, 0.25) is 11.8 Å². The maximum absolute atomic E-state index is 13.4. The Bertz CT molecular complexity index is 1760. The Morgan fingerprint density at radius 2 is 1.87 bits per heavy atom. The number of carboxylic acid groups (broad SMARTS) is 1. The first-order valence-corrected chi connectivity index (χ1v) is 13.9. The lowest BCUT2D eigenvalue weighted by Gasteiger charge is -2.20. The van der Waals surface area contributed by atoms with E-state index in [1.807, 2.05) is 30.3 Å². The van der Waals surface area contributed by atoms with E-state index in [1.54, 1.807) is 48.5 Å². The molecule has 2 aromatic heterocycles. The average molecular weight is 628 g/mol. The van der Waals surface area contributed by atoms with Gasteiger partial charge in [-0.3, -0.25) is 14.5 Å². The van der Waals surface area contributed by atoms with E-state index in [-0.39, 0.29) is 19.4 Å². The molecule has 0 saturated heterocycles. The van der Waals surface area contributed by atoms with Crippen LogP contribution in [0.25, 0.3) is 11.8 Å². The maximum atomic E-state index is 13.4. The molecule has 3 aromatic carbocycles. The molecule has 4 N–H and O–H groups in total. The van der Waals surface area contributed by atoms with Crippen LogP contribution < -0.4 is 15.5 Å². The number of aromatic amines is 1. The highest BCUT2D eigenvalue weighted by Gasteiger charge is 2.22. The number of hydrogen-bond acceptors (Lipinski definition) is 9. The topological polar surface area (TPSA) is 197 Å². The smallest absolute Gasteiger partial charge is 0.411 e. The molecule has 0 radical (unpaired) electrons. The molecule has 1 atom stereocenters. The zero-order valence-corrected chi connectivity index (χ0v) is 24.2. The van der Waals surface area contributed by atoms with Crippen LogP contribution in [0.1, 0.15) is 17.0 Å². The highest BCUT2D eigenvalue weighted by molar-refractivity contribution is 6.30. The Balaban J connectivity index is 1.28. The summed E-state index contributed by atoms with van der Waals surface area (Å²) >= 11 is 6.18. The minimum atomic E-state index is -1.16. The van der Waals surface area contributed by atoms with E-state index in [0.717, 1.165) is 10.5 Å². The maximum Gasteiger partial charge on any atom is 0.411 e. The van der Waals surface area contributed by atoms with E-state index in [9.17, 15) is 19.5 Å². The molecule has 0 spiro atoms. The van der Waals surface area contributed by atoms with E-state index in [2.05, 4.69) is 46.8 Å². The minimum Gasteiger partial charge on any atom is -0.465 e. The molecule has 0 aliphatic rings. The van der Waals surface area contributed by atoms with Crippen LogP contribution >= 0.6 is 11.6 Å². The number of halogens is 1. The van der Waals surface area contributed by atoms with E-state index >= 15 is 0 Å². The van der Waals surface area contributed by atoms with Crippen LogP contribution in [0.4, 0.5) is 16.2 Å². The number of H-pyrrole nitrogens is 1. The molecule has 5 aromatic rings. The Morgan fingerprint density at radius 3 is 2.56 bits per heavy atom. The summed E-state index contributed by atoms with van der Waals surface area (Å²) in [5.41, 5.74) is 2.84.